The Hall–Kier alpha value is -0.660. The molecule has 0 aromatic heterocycles. The Morgan fingerprint density at radius 2 is 2.50 bits per heavy atom. The molecule has 1 atom stereocenters. The lowest BCUT2D eigenvalue weighted by Crippen LogP contribution is -1.95. The number of nitrogens with zero attached hydrogens (tertiary/aromatic N) is 1. The Labute approximate surface area is 36.9 Å². The summed E-state index contributed by atoms with van der Waals surface area (Å²) in [5.41, 5.74) is 0. The summed E-state index contributed by atoms with van der Waals surface area (Å²) in [7, 11) is 0. The Bertz CT molecular complexity index is 52.6. The van der Waals surface area contributed by atoms with Gasteiger partial charge in [0, 0.05) is 0 Å². The summed E-state index contributed by atoms with van der Waals surface area (Å²) >= 11 is 0. The van der Waals surface area contributed by atoms with Gasteiger partial charge >= 0.3 is 0 Å². The molecule has 2 nitrogen and oxygen atoms in total. The number of carbonyl (C=O) groups excluding carboxylic acids is 1. The number of aliphatic imine (C=N–C) groups is 1. The fourth-order valence-corrected chi connectivity index (χ4v) is 0.0430. The second-order valence-corrected chi connectivity index (χ2v) is 1.06. The molecule has 0 spiro atoms. The minimum atomic E-state index is -0.231. The van der Waals surface area contributed by atoms with E-state index >= 15 is 0 Å². The van der Waals surface area contributed by atoms with Gasteiger partial charge in [-0.05, 0) is 13.6 Å². The minimum Gasteiger partial charge on any atom is -0.301 e. The average molecular weight is 85.1 g/mol. The van der Waals surface area contributed by atoms with Crippen molar-refractivity contribution in [2.45, 2.75) is 13.0 Å². The summed E-state index contributed by atoms with van der Waals surface area (Å²) in [6, 6.07) is -0.231. The van der Waals surface area contributed by atoms with Crippen molar-refractivity contribution in [3.8, 4) is 0 Å². The average Bonchev–Trinajstić information content (AvgIpc) is 1.65. The lowest BCUT2D eigenvalue weighted by atomic mass is 10.4. The molecule has 0 bridgehead atoms. The second kappa shape index (κ2) is 2.57. The molecular formula is C4H7NO. The van der Waals surface area contributed by atoms with Gasteiger partial charge in [-0.3, -0.25) is 4.99 Å². The molecule has 0 saturated carbocycles. The maximum absolute atomic E-state index is 9.60. The van der Waals surface area contributed by atoms with Crippen LogP contribution in [-0.2, 0) is 4.79 Å². The largest absolute Gasteiger partial charge is 0.301 e. The van der Waals surface area contributed by atoms with Gasteiger partial charge in [-0.25, -0.2) is 0 Å². The lowest BCUT2D eigenvalue weighted by Gasteiger charge is -1.84. The molecule has 0 unspecified atom stereocenters. The normalized spacial score (nSPS) is 12.8. The standard InChI is InChI=1S/C4H7NO/c1-4(3-6)5-2/h3-4H,2H2,1H3/t4-/m0/s1. The van der Waals surface area contributed by atoms with Gasteiger partial charge in [0.15, 0.2) is 0 Å². The number of hydrogen-bond acceptors (Lipinski definition) is 2. The molecule has 34 valence electrons. The SMILES string of the molecule is C=N[C@@H](C)C=O. The molecule has 0 aromatic rings. The summed E-state index contributed by atoms with van der Waals surface area (Å²) in [5, 5.41) is 0. The van der Waals surface area contributed by atoms with E-state index < -0.39 is 0 Å². The third-order valence-electron chi connectivity index (χ3n) is 0.485. The van der Waals surface area contributed by atoms with E-state index in [1.54, 1.807) is 6.92 Å². The molecule has 0 aliphatic carbocycles. The van der Waals surface area contributed by atoms with Gasteiger partial charge in [0.2, 0.25) is 0 Å². The second-order valence-electron chi connectivity index (χ2n) is 1.06. The monoisotopic (exact) mass is 85.1 g/mol. The maximum atomic E-state index is 9.60. The van der Waals surface area contributed by atoms with Gasteiger partial charge in [0.25, 0.3) is 0 Å². The summed E-state index contributed by atoms with van der Waals surface area (Å²) in [5.74, 6) is 0. The fourth-order valence-electron chi connectivity index (χ4n) is 0.0430. The van der Waals surface area contributed by atoms with Crippen LogP contribution in [0.5, 0.6) is 0 Å². The summed E-state index contributed by atoms with van der Waals surface area (Å²) in [6.45, 7) is 4.83. The van der Waals surface area contributed by atoms with E-state index in [-0.39, 0.29) is 6.04 Å². The summed E-state index contributed by atoms with van der Waals surface area (Å²) in [4.78, 5) is 13.0. The quantitative estimate of drug-likeness (QED) is 0.349. The molecule has 0 aromatic carbocycles. The first-order valence-electron chi connectivity index (χ1n) is 1.72. The Kier molecular flexibility index (Phi) is 2.29. The zero-order valence-electron chi connectivity index (χ0n) is 3.72. The van der Waals surface area contributed by atoms with Crippen LogP contribution in [0.15, 0.2) is 4.99 Å². The van der Waals surface area contributed by atoms with Gasteiger partial charge in [-0.15, -0.1) is 0 Å². The zero-order valence-corrected chi connectivity index (χ0v) is 3.72. The maximum Gasteiger partial charge on any atom is 0.144 e. The van der Waals surface area contributed by atoms with Gasteiger partial charge in [0.1, 0.15) is 12.3 Å². The van der Waals surface area contributed by atoms with Crippen molar-refractivity contribution in [3.63, 3.8) is 0 Å². The van der Waals surface area contributed by atoms with Gasteiger partial charge < -0.3 is 4.79 Å². The summed E-state index contributed by atoms with van der Waals surface area (Å²) < 4.78 is 0. The van der Waals surface area contributed by atoms with Crippen LogP contribution in [0.4, 0.5) is 0 Å². The Balaban J connectivity index is 3.21. The smallest absolute Gasteiger partial charge is 0.144 e. The highest BCUT2D eigenvalue weighted by Gasteiger charge is 1.85. The highest BCUT2D eigenvalue weighted by atomic mass is 16.1. The number of rotatable bonds is 2. The van der Waals surface area contributed by atoms with Gasteiger partial charge in [0.05, 0.1) is 0 Å². The fraction of sp³-hybridized carbons (Fsp3) is 0.500. The third-order valence-corrected chi connectivity index (χ3v) is 0.485. The molecule has 0 N–H and O–H groups in total. The molecule has 0 heterocycles. The topological polar surface area (TPSA) is 29.4 Å². The van der Waals surface area contributed by atoms with Crippen molar-refractivity contribution in [2.75, 3.05) is 0 Å². The molecule has 0 aliphatic heterocycles. The molecule has 0 rings (SSSR count). The summed E-state index contributed by atoms with van der Waals surface area (Å²) in [6.07, 6.45) is 0.743. The Morgan fingerprint density at radius 1 is 2.00 bits per heavy atom. The molecule has 2 heteroatoms. The molecule has 0 fully saturated rings. The van der Waals surface area contributed by atoms with E-state index in [4.69, 9.17) is 0 Å². The zero-order chi connectivity index (χ0) is 4.99. The van der Waals surface area contributed by atoms with Crippen molar-refractivity contribution in [3.05, 3.63) is 0 Å². The van der Waals surface area contributed by atoms with E-state index in [2.05, 4.69) is 11.7 Å². The van der Waals surface area contributed by atoms with E-state index in [1.165, 1.54) is 0 Å². The highest BCUT2D eigenvalue weighted by Crippen LogP contribution is 1.75. The molecule has 0 aliphatic rings. The first-order chi connectivity index (χ1) is 2.81. The van der Waals surface area contributed by atoms with Crippen molar-refractivity contribution < 1.29 is 4.79 Å². The molecule has 0 saturated heterocycles. The van der Waals surface area contributed by atoms with Crippen molar-refractivity contribution in [1.29, 1.82) is 0 Å². The van der Waals surface area contributed by atoms with Crippen LogP contribution >= 0.6 is 0 Å². The van der Waals surface area contributed by atoms with E-state index in [0.717, 1.165) is 6.29 Å². The predicted octanol–water partition coefficient (Wildman–Crippen LogP) is 0.274. The van der Waals surface area contributed by atoms with Crippen molar-refractivity contribution in [1.82, 2.24) is 0 Å². The molecule has 0 radical (unpaired) electrons. The first kappa shape index (κ1) is 5.34. The third kappa shape index (κ3) is 1.64. The van der Waals surface area contributed by atoms with Gasteiger partial charge in [-0.1, -0.05) is 0 Å². The molecule has 6 heavy (non-hydrogen) atoms. The van der Waals surface area contributed by atoms with Crippen LogP contribution in [0.3, 0.4) is 0 Å². The number of hydrogen-bond donors (Lipinski definition) is 0. The van der Waals surface area contributed by atoms with Crippen molar-refractivity contribution in [2.24, 2.45) is 4.99 Å². The first-order valence-corrected chi connectivity index (χ1v) is 1.72. The molecular weight excluding hydrogens is 78.0 g/mol. The van der Waals surface area contributed by atoms with Crippen molar-refractivity contribution >= 4 is 13.0 Å². The Morgan fingerprint density at radius 3 is 2.50 bits per heavy atom. The lowest BCUT2D eigenvalue weighted by molar-refractivity contribution is -0.108. The van der Waals surface area contributed by atoms with Crippen LogP contribution in [0.1, 0.15) is 6.92 Å². The van der Waals surface area contributed by atoms with E-state index in [9.17, 15) is 4.79 Å². The van der Waals surface area contributed by atoms with E-state index in [0.29, 0.717) is 0 Å². The van der Waals surface area contributed by atoms with E-state index in [1.807, 2.05) is 0 Å². The van der Waals surface area contributed by atoms with Crippen LogP contribution in [0.25, 0.3) is 0 Å². The predicted molar refractivity (Wildman–Crippen MR) is 25.1 cm³/mol. The van der Waals surface area contributed by atoms with Crippen LogP contribution in [0, 0.1) is 0 Å². The minimum absolute atomic E-state index is 0.231. The highest BCUT2D eigenvalue weighted by molar-refractivity contribution is 5.58. The van der Waals surface area contributed by atoms with Gasteiger partial charge in [-0.2, -0.15) is 0 Å². The van der Waals surface area contributed by atoms with Crippen LogP contribution in [0.2, 0.25) is 0 Å². The van der Waals surface area contributed by atoms with Crippen LogP contribution in [-0.4, -0.2) is 19.0 Å². The number of aldehydes is 1. The van der Waals surface area contributed by atoms with Crippen LogP contribution < -0.4 is 0 Å². The molecule has 0 amide bonds. The number of carbonyl (C=O) groups is 1.